The van der Waals surface area contributed by atoms with E-state index in [1.54, 1.807) is 49.9 Å². The first-order valence-corrected chi connectivity index (χ1v) is 19.5. The van der Waals surface area contributed by atoms with E-state index in [-0.39, 0.29) is 60.3 Å². The van der Waals surface area contributed by atoms with E-state index < -0.39 is 48.3 Å². The minimum Gasteiger partial charge on any atom is -0.467 e. The van der Waals surface area contributed by atoms with Crippen molar-refractivity contribution in [3.8, 4) is 0 Å². The smallest absolute Gasteiger partial charge is 0.328 e. The molecule has 1 saturated heterocycles. The van der Waals surface area contributed by atoms with E-state index in [0.717, 1.165) is 18.4 Å². The molecule has 306 valence electrons. The Hall–Kier alpha value is -3.55. The molecule has 0 unspecified atom stereocenters. The highest BCUT2D eigenvalue weighted by Gasteiger charge is 2.44. The summed E-state index contributed by atoms with van der Waals surface area (Å²) >= 11 is 0. The van der Waals surface area contributed by atoms with Crippen LogP contribution in [0.25, 0.3) is 0 Å². The lowest BCUT2D eigenvalue weighted by molar-refractivity contribution is -0.153. The Morgan fingerprint density at radius 2 is 1.52 bits per heavy atom. The zero-order chi connectivity index (χ0) is 40.9. The maximum atomic E-state index is 14.4. The molecule has 2 N–H and O–H groups in total. The third-order valence-corrected chi connectivity index (χ3v) is 11.2. The summed E-state index contributed by atoms with van der Waals surface area (Å²) in [5.41, 5.74) is 0.876. The van der Waals surface area contributed by atoms with E-state index in [0.29, 0.717) is 13.0 Å². The Morgan fingerprint density at radius 1 is 0.889 bits per heavy atom. The van der Waals surface area contributed by atoms with E-state index in [2.05, 4.69) is 10.6 Å². The van der Waals surface area contributed by atoms with Crippen LogP contribution in [-0.2, 0) is 44.6 Å². The van der Waals surface area contributed by atoms with Gasteiger partial charge in [0.15, 0.2) is 0 Å². The first-order valence-electron chi connectivity index (χ1n) is 19.5. The van der Waals surface area contributed by atoms with Crippen LogP contribution < -0.4 is 10.6 Å². The molecule has 0 spiro atoms. The molecule has 0 radical (unpaired) electrons. The molecule has 13 heteroatoms. The first-order chi connectivity index (χ1) is 25.5. The number of ether oxygens (including phenoxy) is 3. The molecule has 1 aliphatic heterocycles. The summed E-state index contributed by atoms with van der Waals surface area (Å²) in [6, 6.07) is 6.48. The van der Waals surface area contributed by atoms with Crippen LogP contribution in [0.3, 0.4) is 0 Å². The highest BCUT2D eigenvalue weighted by atomic mass is 16.5. The Labute approximate surface area is 324 Å². The van der Waals surface area contributed by atoms with Crippen molar-refractivity contribution in [3.05, 3.63) is 35.9 Å². The maximum Gasteiger partial charge on any atom is 0.328 e. The zero-order valence-corrected chi connectivity index (χ0v) is 35.1. The summed E-state index contributed by atoms with van der Waals surface area (Å²) < 4.78 is 17.0. The van der Waals surface area contributed by atoms with Crippen molar-refractivity contribution in [2.75, 3.05) is 49.0 Å². The molecular weight excluding hydrogens is 690 g/mol. The van der Waals surface area contributed by atoms with Gasteiger partial charge in [-0.05, 0) is 43.2 Å². The van der Waals surface area contributed by atoms with Gasteiger partial charge in [0.05, 0.1) is 49.8 Å². The van der Waals surface area contributed by atoms with Crippen molar-refractivity contribution in [2.45, 2.75) is 123 Å². The Bertz CT molecular complexity index is 1360. The zero-order valence-electron chi connectivity index (χ0n) is 35.1. The van der Waals surface area contributed by atoms with E-state index in [1.165, 1.54) is 14.2 Å². The van der Waals surface area contributed by atoms with Gasteiger partial charge < -0.3 is 39.5 Å². The average molecular weight is 760 g/mol. The molecule has 0 saturated carbocycles. The number of hydrogen-bond donors (Lipinski definition) is 2. The highest BCUT2D eigenvalue weighted by molar-refractivity contribution is 5.90. The van der Waals surface area contributed by atoms with Crippen LogP contribution in [0.4, 0.5) is 0 Å². The van der Waals surface area contributed by atoms with Gasteiger partial charge in [-0.15, -0.1) is 0 Å². The number of hydrogen-bond acceptors (Lipinski definition) is 9. The predicted octanol–water partition coefficient (Wildman–Crippen LogP) is 3.53. The molecule has 1 aromatic rings. The van der Waals surface area contributed by atoms with Gasteiger partial charge >= 0.3 is 5.97 Å². The summed E-state index contributed by atoms with van der Waals surface area (Å²) in [6.45, 7) is 14.1. The molecule has 13 nitrogen and oxygen atoms in total. The van der Waals surface area contributed by atoms with E-state index in [1.807, 2.05) is 71.9 Å². The second-order valence-electron chi connectivity index (χ2n) is 15.5. The van der Waals surface area contributed by atoms with Gasteiger partial charge in [0.25, 0.3) is 0 Å². The van der Waals surface area contributed by atoms with Crippen LogP contribution >= 0.6 is 0 Å². The SMILES string of the molecule is CC[C@H](C)[C@@H]([C@@H](CC(=O)N1CCC[C@H]1[C@H](OC)[C@@H](C)C(=O)N[C@@H](Cc1ccccc1)C(=O)OC)OC)N(C)C(=O)[C@H](C(C)C)N(C)C(=O)[C@@H](NC)C(C)C. The summed E-state index contributed by atoms with van der Waals surface area (Å²) in [6.07, 6.45) is 1.09. The average Bonchev–Trinajstić information content (AvgIpc) is 3.63. The minimum atomic E-state index is -0.890. The van der Waals surface area contributed by atoms with Crippen molar-refractivity contribution in [1.82, 2.24) is 25.3 Å². The molecule has 1 fully saturated rings. The number of amides is 4. The molecule has 0 aromatic heterocycles. The number of methoxy groups -OCH3 is 3. The van der Waals surface area contributed by atoms with Gasteiger partial charge in [0.1, 0.15) is 12.1 Å². The summed E-state index contributed by atoms with van der Waals surface area (Å²) in [4.78, 5) is 73.5. The molecule has 1 aliphatic rings. The number of nitrogens with zero attached hydrogens (tertiary/aromatic N) is 3. The number of rotatable bonds is 21. The fourth-order valence-corrected chi connectivity index (χ4v) is 8.00. The van der Waals surface area contributed by atoms with Gasteiger partial charge in [-0.1, -0.05) is 85.2 Å². The lowest BCUT2D eigenvalue weighted by atomic mass is 9.89. The quantitative estimate of drug-likeness (QED) is 0.180. The van der Waals surface area contributed by atoms with Gasteiger partial charge in [-0.3, -0.25) is 19.2 Å². The number of benzene rings is 1. The number of esters is 1. The van der Waals surface area contributed by atoms with Crippen molar-refractivity contribution in [1.29, 1.82) is 0 Å². The van der Waals surface area contributed by atoms with E-state index >= 15 is 0 Å². The van der Waals surface area contributed by atoms with Gasteiger partial charge in [0.2, 0.25) is 23.6 Å². The molecule has 2 rings (SSSR count). The molecule has 54 heavy (non-hydrogen) atoms. The molecule has 9 atom stereocenters. The largest absolute Gasteiger partial charge is 0.467 e. The van der Waals surface area contributed by atoms with Crippen molar-refractivity contribution < 1.29 is 38.2 Å². The number of likely N-dealkylation sites (N-methyl/N-ethyl adjacent to an activating group) is 3. The van der Waals surface area contributed by atoms with Crippen LogP contribution in [0, 0.1) is 23.7 Å². The predicted molar refractivity (Wildman–Crippen MR) is 209 cm³/mol. The van der Waals surface area contributed by atoms with Crippen LogP contribution in [0.1, 0.15) is 79.7 Å². The summed E-state index contributed by atoms with van der Waals surface area (Å²) in [5, 5.41) is 5.95. The molecule has 1 heterocycles. The Balaban J connectivity index is 2.31. The second-order valence-corrected chi connectivity index (χ2v) is 15.5. The first kappa shape index (κ1) is 46.6. The Morgan fingerprint density at radius 3 is 2.02 bits per heavy atom. The van der Waals surface area contributed by atoms with Crippen LogP contribution in [0.5, 0.6) is 0 Å². The number of carbonyl (C=O) groups is 5. The lowest BCUT2D eigenvalue weighted by Gasteiger charge is -2.42. The molecular formula is C41H69N5O8. The molecule has 4 amide bonds. The summed E-state index contributed by atoms with van der Waals surface area (Å²) in [7, 11) is 9.54. The molecule has 0 bridgehead atoms. The number of carbonyl (C=O) groups excluding carboxylic acids is 5. The molecule has 0 aliphatic carbocycles. The topological polar surface area (TPSA) is 147 Å². The van der Waals surface area contributed by atoms with Crippen LogP contribution in [0.2, 0.25) is 0 Å². The van der Waals surface area contributed by atoms with Crippen molar-refractivity contribution in [2.24, 2.45) is 23.7 Å². The van der Waals surface area contributed by atoms with Crippen LogP contribution in [-0.4, -0.2) is 136 Å². The second kappa shape index (κ2) is 22.1. The minimum absolute atomic E-state index is 0.00836. The monoisotopic (exact) mass is 760 g/mol. The maximum absolute atomic E-state index is 14.4. The van der Waals surface area contributed by atoms with E-state index in [9.17, 15) is 24.0 Å². The third-order valence-electron chi connectivity index (χ3n) is 11.2. The van der Waals surface area contributed by atoms with Crippen molar-refractivity contribution in [3.63, 3.8) is 0 Å². The van der Waals surface area contributed by atoms with Crippen molar-refractivity contribution >= 4 is 29.6 Å². The van der Waals surface area contributed by atoms with E-state index in [4.69, 9.17) is 14.2 Å². The fraction of sp³-hybridized carbons (Fsp3) is 0.732. The van der Waals surface area contributed by atoms with Gasteiger partial charge in [-0.2, -0.15) is 0 Å². The Kier molecular flexibility index (Phi) is 19.1. The number of nitrogens with one attached hydrogen (secondary N) is 2. The van der Waals surface area contributed by atoms with Gasteiger partial charge in [-0.25, -0.2) is 4.79 Å². The normalized spacial score (nSPS) is 18.9. The highest BCUT2D eigenvalue weighted by Crippen LogP contribution is 2.30. The number of likely N-dealkylation sites (tertiary alicyclic amines) is 1. The van der Waals surface area contributed by atoms with Crippen LogP contribution in [0.15, 0.2) is 30.3 Å². The standard InChI is InChI=1S/C41H69N5O8/c1-14-27(6)36(45(10)40(50)35(26(4)5)44(9)39(49)34(42-8)25(2)3)32(52-11)24-33(47)46-22-18-21-31(46)37(53-12)28(7)38(48)43-30(41(51)54-13)23-29-19-16-15-17-20-29/h15-17,19-20,25-28,30-32,34-37,42H,14,18,21-24H2,1-13H3,(H,43,48)/t27-,28+,30-,31-,32+,34-,35-,36-,37+/m0/s1. The van der Waals surface area contributed by atoms with Gasteiger partial charge in [0, 0.05) is 41.3 Å². The lowest BCUT2D eigenvalue weighted by Crippen LogP contribution is -2.60. The third kappa shape index (κ3) is 11.7. The fourth-order valence-electron chi connectivity index (χ4n) is 8.00. The summed E-state index contributed by atoms with van der Waals surface area (Å²) in [5.74, 6) is -2.32. The molecule has 1 aromatic carbocycles.